The van der Waals surface area contributed by atoms with Crippen molar-refractivity contribution < 1.29 is 27.5 Å². The van der Waals surface area contributed by atoms with Crippen LogP contribution < -0.4 is 0 Å². The summed E-state index contributed by atoms with van der Waals surface area (Å²) in [6.07, 6.45) is 1.78. The molecule has 144 valence electrons. The van der Waals surface area contributed by atoms with Crippen LogP contribution in [0.3, 0.4) is 0 Å². The Kier molecular flexibility index (Phi) is 4.99. The number of rotatable bonds is 3. The Morgan fingerprint density at radius 1 is 1.15 bits per heavy atom. The number of ether oxygens (including phenoxy) is 1. The van der Waals surface area contributed by atoms with Gasteiger partial charge in [0.1, 0.15) is 0 Å². The van der Waals surface area contributed by atoms with Gasteiger partial charge in [0.05, 0.1) is 18.1 Å². The molecule has 1 aromatic rings. The minimum atomic E-state index is -4.39. The molecule has 4 nitrogen and oxygen atoms in total. The van der Waals surface area contributed by atoms with Gasteiger partial charge < -0.3 is 9.64 Å². The lowest BCUT2D eigenvalue weighted by Gasteiger charge is -2.48. The van der Waals surface area contributed by atoms with Gasteiger partial charge in [0.2, 0.25) is 5.91 Å². The van der Waals surface area contributed by atoms with Gasteiger partial charge in [-0.25, -0.2) is 0 Å². The highest BCUT2D eigenvalue weighted by Gasteiger charge is 2.46. The van der Waals surface area contributed by atoms with Crippen molar-refractivity contribution in [3.05, 3.63) is 59.7 Å². The number of amides is 1. The van der Waals surface area contributed by atoms with Gasteiger partial charge in [-0.15, -0.1) is 0 Å². The maximum atomic E-state index is 13.1. The lowest BCUT2D eigenvalue weighted by atomic mass is 9.92. The van der Waals surface area contributed by atoms with E-state index in [-0.39, 0.29) is 30.8 Å². The number of hydrogen-bond acceptors (Lipinski definition) is 3. The van der Waals surface area contributed by atoms with Crippen LogP contribution in [0.1, 0.15) is 25.0 Å². The number of allylic oxidation sites excluding steroid dienone is 2. The summed E-state index contributed by atoms with van der Waals surface area (Å²) in [4.78, 5) is 26.1. The molecule has 1 aromatic carbocycles. The van der Waals surface area contributed by atoms with Crippen molar-refractivity contribution in [3.8, 4) is 0 Å². The van der Waals surface area contributed by atoms with Crippen LogP contribution in [0, 0.1) is 5.92 Å². The maximum absolute atomic E-state index is 13.1. The van der Waals surface area contributed by atoms with Crippen LogP contribution in [-0.4, -0.2) is 35.0 Å². The molecule has 7 heteroatoms. The highest BCUT2D eigenvalue weighted by molar-refractivity contribution is 6.01. The third kappa shape index (κ3) is 3.83. The first-order valence-corrected chi connectivity index (χ1v) is 8.68. The van der Waals surface area contributed by atoms with Crippen molar-refractivity contribution >= 4 is 11.7 Å². The molecule has 0 N–H and O–H groups in total. The number of carbonyl (C=O) groups is 2. The summed E-state index contributed by atoms with van der Waals surface area (Å²) < 4.78 is 44.0. The van der Waals surface area contributed by atoms with E-state index in [1.54, 1.807) is 17.1 Å². The Morgan fingerprint density at radius 2 is 1.74 bits per heavy atom. The van der Waals surface area contributed by atoms with Crippen LogP contribution in [0.2, 0.25) is 0 Å². The smallest absolute Gasteiger partial charge is 0.347 e. The molecule has 1 unspecified atom stereocenters. The topological polar surface area (TPSA) is 46.6 Å². The predicted molar refractivity (Wildman–Crippen MR) is 92.6 cm³/mol. The molecule has 1 aliphatic carbocycles. The predicted octanol–water partition coefficient (Wildman–Crippen LogP) is 3.52. The second-order valence-corrected chi connectivity index (χ2v) is 7.03. The van der Waals surface area contributed by atoms with Crippen molar-refractivity contribution in [1.29, 1.82) is 0 Å². The third-order valence-corrected chi connectivity index (χ3v) is 4.73. The minimum absolute atomic E-state index is 0.117. The van der Waals surface area contributed by atoms with E-state index in [9.17, 15) is 22.8 Å². The van der Waals surface area contributed by atoms with Crippen molar-refractivity contribution in [2.45, 2.75) is 38.2 Å². The number of carbonyl (C=O) groups excluding carboxylic acids is 2. The highest BCUT2D eigenvalue weighted by Crippen LogP contribution is 2.34. The Bertz CT molecular complexity index is 778. The lowest BCUT2D eigenvalue weighted by Crippen LogP contribution is -2.61. The molecule has 1 fully saturated rings. The average molecular weight is 379 g/mol. The van der Waals surface area contributed by atoms with Gasteiger partial charge in [0.25, 0.3) is 0 Å². The Morgan fingerprint density at radius 3 is 2.26 bits per heavy atom. The molecule has 1 aliphatic heterocycles. The molecule has 1 heterocycles. The number of alkyl halides is 3. The van der Waals surface area contributed by atoms with Crippen LogP contribution >= 0.6 is 0 Å². The minimum Gasteiger partial charge on any atom is -0.347 e. The largest absolute Gasteiger partial charge is 0.416 e. The van der Waals surface area contributed by atoms with Crippen LogP contribution in [0.25, 0.3) is 0 Å². The molecule has 1 atom stereocenters. The zero-order chi connectivity index (χ0) is 19.8. The molecule has 0 aromatic heterocycles. The quantitative estimate of drug-likeness (QED) is 0.807. The zero-order valence-electron chi connectivity index (χ0n) is 15.0. The number of hydrogen-bond donors (Lipinski definition) is 0. The number of nitrogens with zero attached hydrogens (tertiary/aromatic N) is 1. The number of ketones is 1. The Hall–Kier alpha value is -2.41. The summed E-state index contributed by atoms with van der Waals surface area (Å²) in [5, 5.41) is 0. The molecule has 0 saturated carbocycles. The molecule has 1 saturated heterocycles. The van der Waals surface area contributed by atoms with Crippen LogP contribution in [-0.2, 0) is 26.9 Å². The monoisotopic (exact) mass is 379 g/mol. The van der Waals surface area contributed by atoms with E-state index in [1.807, 2.05) is 13.8 Å². The first-order valence-electron chi connectivity index (χ1n) is 8.68. The van der Waals surface area contributed by atoms with Gasteiger partial charge in [-0.3, -0.25) is 9.59 Å². The molecule has 0 radical (unpaired) electrons. The van der Waals surface area contributed by atoms with E-state index >= 15 is 0 Å². The van der Waals surface area contributed by atoms with Gasteiger partial charge >= 0.3 is 6.18 Å². The van der Waals surface area contributed by atoms with Gasteiger partial charge in [-0.2, -0.15) is 13.2 Å². The molecule has 3 rings (SSSR count). The number of halogens is 3. The highest BCUT2D eigenvalue weighted by atomic mass is 19.4. The van der Waals surface area contributed by atoms with E-state index < -0.39 is 23.4 Å². The molecule has 0 bridgehead atoms. The Balaban J connectivity index is 1.79. The first-order chi connectivity index (χ1) is 12.6. The fourth-order valence-corrected chi connectivity index (χ4v) is 3.43. The standard InChI is InChI=1S/C20H20F3NO3/c1-13(2)24-18(26)15(12-27-19(24)9-7-17(25)8-10-19)11-14-3-5-16(6-4-14)20(21,22)23/h3-10,13,15H,11-12H2,1-2H3. The maximum Gasteiger partial charge on any atom is 0.416 e. The SMILES string of the molecule is CC(C)N1C(=O)C(Cc2ccc(C(F)(F)F)cc2)COC12C=CC(=O)C=C2. The fraction of sp³-hybridized carbons (Fsp3) is 0.400. The first kappa shape index (κ1) is 19.4. The summed E-state index contributed by atoms with van der Waals surface area (Å²) >= 11 is 0. The Labute approximate surface area is 155 Å². The molecule has 27 heavy (non-hydrogen) atoms. The average Bonchev–Trinajstić information content (AvgIpc) is 2.60. The number of benzene rings is 1. The van der Waals surface area contributed by atoms with Gasteiger partial charge in [0.15, 0.2) is 11.5 Å². The second kappa shape index (κ2) is 6.96. The summed E-state index contributed by atoms with van der Waals surface area (Å²) in [5.74, 6) is -0.832. The third-order valence-electron chi connectivity index (χ3n) is 4.73. The van der Waals surface area contributed by atoms with E-state index in [4.69, 9.17) is 4.74 Å². The zero-order valence-corrected chi connectivity index (χ0v) is 15.0. The van der Waals surface area contributed by atoms with E-state index in [2.05, 4.69) is 0 Å². The lowest BCUT2D eigenvalue weighted by molar-refractivity contribution is -0.185. The van der Waals surface area contributed by atoms with Crippen molar-refractivity contribution in [2.75, 3.05) is 6.61 Å². The molecule has 1 amide bonds. The molecular formula is C20H20F3NO3. The van der Waals surface area contributed by atoms with Crippen LogP contribution in [0.5, 0.6) is 0 Å². The van der Waals surface area contributed by atoms with Gasteiger partial charge in [-0.05, 0) is 62.3 Å². The molecule has 1 spiro atoms. The van der Waals surface area contributed by atoms with Crippen molar-refractivity contribution in [3.63, 3.8) is 0 Å². The summed E-state index contributed by atoms with van der Waals surface area (Å²) in [5.41, 5.74) is -1.17. The van der Waals surface area contributed by atoms with Crippen molar-refractivity contribution in [2.24, 2.45) is 5.92 Å². The van der Waals surface area contributed by atoms with Crippen LogP contribution in [0.4, 0.5) is 13.2 Å². The summed E-state index contributed by atoms with van der Waals surface area (Å²) in [7, 11) is 0. The van der Waals surface area contributed by atoms with Crippen LogP contribution in [0.15, 0.2) is 48.6 Å². The molecule has 2 aliphatic rings. The fourth-order valence-electron chi connectivity index (χ4n) is 3.43. The summed E-state index contributed by atoms with van der Waals surface area (Å²) in [6, 6.07) is 4.63. The normalized spacial score (nSPS) is 22.1. The van der Waals surface area contributed by atoms with E-state index in [1.165, 1.54) is 24.3 Å². The second-order valence-electron chi connectivity index (χ2n) is 7.03. The van der Waals surface area contributed by atoms with Gasteiger partial charge in [0, 0.05) is 6.04 Å². The molecular weight excluding hydrogens is 359 g/mol. The van der Waals surface area contributed by atoms with Crippen molar-refractivity contribution in [1.82, 2.24) is 4.90 Å². The summed E-state index contributed by atoms with van der Waals surface area (Å²) in [6.45, 7) is 3.81. The van der Waals surface area contributed by atoms with Gasteiger partial charge in [-0.1, -0.05) is 12.1 Å². The van der Waals surface area contributed by atoms with E-state index in [0.717, 1.165) is 12.1 Å². The van der Waals surface area contributed by atoms with E-state index in [0.29, 0.717) is 5.56 Å².